The summed E-state index contributed by atoms with van der Waals surface area (Å²) in [6.07, 6.45) is 0. The smallest absolute Gasteiger partial charge is 0.328 e. The van der Waals surface area contributed by atoms with Crippen LogP contribution in [-0.2, 0) is 0 Å². The van der Waals surface area contributed by atoms with Gasteiger partial charge in [-0.2, -0.15) is 4.98 Å². The van der Waals surface area contributed by atoms with Crippen LogP contribution in [0.5, 0.6) is 0 Å². The molecular weight excluding hydrogens is 254 g/mol. The molecule has 0 atom stereocenters. The molecule has 0 saturated heterocycles. The molecule has 0 aliphatic heterocycles. The van der Waals surface area contributed by atoms with Gasteiger partial charge in [-0.3, -0.25) is 10.1 Å². The molecular formula is C11H9N3O3S. The van der Waals surface area contributed by atoms with Gasteiger partial charge in [0, 0.05) is 0 Å². The number of amides is 1. The van der Waals surface area contributed by atoms with Crippen LogP contribution in [0.1, 0.15) is 20.4 Å². The maximum Gasteiger partial charge on any atom is 0.328 e. The average molecular weight is 263 g/mol. The van der Waals surface area contributed by atoms with Gasteiger partial charge >= 0.3 is 6.01 Å². The van der Waals surface area contributed by atoms with Crippen molar-refractivity contribution in [3.05, 3.63) is 27.7 Å². The minimum atomic E-state index is -0.333. The molecule has 0 unspecified atom stereocenters. The first kappa shape index (κ1) is 12.3. The molecule has 2 aromatic heterocycles. The van der Waals surface area contributed by atoms with Gasteiger partial charge in [-0.25, -0.2) is 0 Å². The van der Waals surface area contributed by atoms with Gasteiger partial charge in [0.2, 0.25) is 0 Å². The van der Waals surface area contributed by atoms with Crippen molar-refractivity contribution < 1.29 is 14.4 Å². The van der Waals surface area contributed by atoms with Crippen molar-refractivity contribution in [2.24, 2.45) is 0 Å². The topological polar surface area (TPSA) is 88.2 Å². The van der Waals surface area contributed by atoms with E-state index in [1.165, 1.54) is 11.3 Å². The lowest BCUT2D eigenvalue weighted by molar-refractivity contribution is 0.102. The molecule has 0 aliphatic rings. The lowest BCUT2D eigenvalue weighted by atomic mass is 10.4. The molecule has 7 heteroatoms. The van der Waals surface area contributed by atoms with E-state index in [0.717, 1.165) is 0 Å². The summed E-state index contributed by atoms with van der Waals surface area (Å²) in [6.45, 7) is 1.45. The highest BCUT2D eigenvalue weighted by Gasteiger charge is 2.12. The Labute approximate surface area is 107 Å². The maximum absolute atomic E-state index is 11.8. The fourth-order valence-electron chi connectivity index (χ4n) is 1.16. The zero-order chi connectivity index (χ0) is 13.0. The fourth-order valence-corrected chi connectivity index (χ4v) is 1.94. The third kappa shape index (κ3) is 2.94. The number of thiophene rings is 1. The molecule has 2 aromatic rings. The van der Waals surface area contributed by atoms with Crippen molar-refractivity contribution in [1.82, 2.24) is 10.1 Å². The number of hydrogen-bond acceptors (Lipinski definition) is 6. The third-order valence-electron chi connectivity index (χ3n) is 1.87. The van der Waals surface area contributed by atoms with Crippen LogP contribution in [0.4, 0.5) is 6.01 Å². The molecule has 2 rings (SSSR count). The predicted octanol–water partition coefficient (Wildman–Crippen LogP) is 1.04. The highest BCUT2D eigenvalue weighted by molar-refractivity contribution is 7.14. The number of nitrogens with zero attached hydrogens (tertiary/aromatic N) is 2. The van der Waals surface area contributed by atoms with Crippen molar-refractivity contribution in [1.29, 1.82) is 0 Å². The largest absolute Gasteiger partial charge is 0.384 e. The highest BCUT2D eigenvalue weighted by atomic mass is 32.1. The van der Waals surface area contributed by atoms with Gasteiger partial charge in [-0.1, -0.05) is 17.0 Å². The number of carbonyl (C=O) groups is 1. The van der Waals surface area contributed by atoms with Crippen LogP contribution in [0.25, 0.3) is 0 Å². The minimum absolute atomic E-state index is 0.0638. The number of aryl methyl sites for hydroxylation is 1. The zero-order valence-corrected chi connectivity index (χ0v) is 10.2. The van der Waals surface area contributed by atoms with Crippen molar-refractivity contribution in [3.8, 4) is 11.8 Å². The lowest BCUT2D eigenvalue weighted by Gasteiger charge is -1.94. The summed E-state index contributed by atoms with van der Waals surface area (Å²) in [5.74, 6) is 5.36. The van der Waals surface area contributed by atoms with Crippen LogP contribution in [0, 0.1) is 18.8 Å². The van der Waals surface area contributed by atoms with Crippen LogP contribution in [0.2, 0.25) is 0 Å². The summed E-state index contributed by atoms with van der Waals surface area (Å²) < 4.78 is 4.78. The molecule has 0 radical (unpaired) electrons. The number of nitrogens with one attached hydrogen (secondary N) is 1. The van der Waals surface area contributed by atoms with Crippen LogP contribution in [0.3, 0.4) is 0 Å². The standard InChI is InChI=1S/C11H9N3O3S/c1-7-12-11(17-14-7)13-10(16)9-5-4-8(18-9)3-2-6-15/h4-5,15H,6H2,1H3,(H,12,13,14,16). The van der Waals surface area contributed by atoms with Gasteiger partial charge in [-0.15, -0.1) is 11.3 Å². The van der Waals surface area contributed by atoms with Crippen LogP contribution in [-0.4, -0.2) is 27.8 Å². The quantitative estimate of drug-likeness (QED) is 0.790. The second kappa shape index (κ2) is 5.44. The van der Waals surface area contributed by atoms with E-state index in [2.05, 4.69) is 27.3 Å². The van der Waals surface area contributed by atoms with Crippen molar-refractivity contribution in [3.63, 3.8) is 0 Å². The first-order valence-corrected chi connectivity index (χ1v) is 5.82. The van der Waals surface area contributed by atoms with Crippen LogP contribution < -0.4 is 5.32 Å². The third-order valence-corrected chi connectivity index (χ3v) is 2.87. The van der Waals surface area contributed by atoms with Crippen molar-refractivity contribution in [2.75, 3.05) is 11.9 Å². The Morgan fingerprint density at radius 3 is 3.11 bits per heavy atom. The van der Waals surface area contributed by atoms with E-state index in [9.17, 15) is 4.79 Å². The van der Waals surface area contributed by atoms with E-state index in [4.69, 9.17) is 9.63 Å². The minimum Gasteiger partial charge on any atom is -0.384 e. The molecule has 1 amide bonds. The van der Waals surface area contributed by atoms with Gasteiger partial charge in [0.1, 0.15) is 6.61 Å². The summed E-state index contributed by atoms with van der Waals surface area (Å²) in [5, 5.41) is 14.6. The maximum atomic E-state index is 11.8. The van der Waals surface area contributed by atoms with Crippen molar-refractivity contribution in [2.45, 2.75) is 6.92 Å². The van der Waals surface area contributed by atoms with Crippen LogP contribution >= 0.6 is 11.3 Å². The second-order valence-corrected chi connectivity index (χ2v) is 4.31. The molecule has 2 N–H and O–H groups in total. The summed E-state index contributed by atoms with van der Waals surface area (Å²) in [6, 6.07) is 3.42. The number of aliphatic hydroxyl groups excluding tert-OH is 1. The monoisotopic (exact) mass is 263 g/mol. The summed E-state index contributed by atoms with van der Waals surface area (Å²) in [7, 11) is 0. The summed E-state index contributed by atoms with van der Waals surface area (Å²) >= 11 is 1.22. The number of rotatable bonds is 2. The Hall–Kier alpha value is -2.17. The molecule has 18 heavy (non-hydrogen) atoms. The molecule has 0 aromatic carbocycles. The summed E-state index contributed by atoms with van der Waals surface area (Å²) in [4.78, 5) is 16.8. The molecule has 0 fully saturated rings. The van der Waals surface area contributed by atoms with E-state index >= 15 is 0 Å². The Bertz CT molecular complexity index is 621. The highest BCUT2D eigenvalue weighted by Crippen LogP contribution is 2.16. The zero-order valence-electron chi connectivity index (χ0n) is 9.43. The van der Waals surface area contributed by atoms with Gasteiger partial charge in [0.05, 0.1) is 9.75 Å². The Balaban J connectivity index is 2.07. The number of aromatic nitrogens is 2. The van der Waals surface area contributed by atoms with Crippen LogP contribution in [0.15, 0.2) is 16.7 Å². The predicted molar refractivity (Wildman–Crippen MR) is 65.3 cm³/mol. The number of aliphatic hydroxyl groups is 1. The fraction of sp³-hybridized carbons (Fsp3) is 0.182. The average Bonchev–Trinajstić information content (AvgIpc) is 2.96. The lowest BCUT2D eigenvalue weighted by Crippen LogP contribution is -2.10. The van der Waals surface area contributed by atoms with E-state index in [-0.39, 0.29) is 18.5 Å². The van der Waals surface area contributed by atoms with Crippen molar-refractivity contribution >= 4 is 23.3 Å². The first-order valence-electron chi connectivity index (χ1n) is 5.00. The van der Waals surface area contributed by atoms with Gasteiger partial charge in [0.15, 0.2) is 5.82 Å². The van der Waals surface area contributed by atoms with Gasteiger partial charge in [0.25, 0.3) is 5.91 Å². The number of hydrogen-bond donors (Lipinski definition) is 2. The second-order valence-electron chi connectivity index (χ2n) is 3.22. The molecule has 92 valence electrons. The number of anilines is 1. The molecule has 2 heterocycles. The summed E-state index contributed by atoms with van der Waals surface area (Å²) in [5.41, 5.74) is 0. The Morgan fingerprint density at radius 2 is 2.44 bits per heavy atom. The van der Waals surface area contributed by atoms with Gasteiger partial charge in [-0.05, 0) is 19.1 Å². The van der Waals surface area contributed by atoms with E-state index in [1.807, 2.05) is 0 Å². The molecule has 0 bridgehead atoms. The molecule has 0 saturated carbocycles. The molecule has 0 spiro atoms. The Kier molecular flexibility index (Phi) is 3.72. The normalized spacial score (nSPS) is 9.67. The van der Waals surface area contributed by atoms with E-state index < -0.39 is 0 Å². The molecule has 0 aliphatic carbocycles. The Morgan fingerprint density at radius 1 is 1.61 bits per heavy atom. The van der Waals surface area contributed by atoms with E-state index in [1.54, 1.807) is 19.1 Å². The first-order chi connectivity index (χ1) is 8.69. The number of carbonyl (C=O) groups excluding carboxylic acids is 1. The van der Waals surface area contributed by atoms with Gasteiger partial charge < -0.3 is 9.63 Å². The van der Waals surface area contributed by atoms with E-state index in [0.29, 0.717) is 15.6 Å². The SMILES string of the molecule is Cc1noc(NC(=O)c2ccc(C#CCO)s2)n1. The molecule has 6 nitrogen and oxygen atoms in total.